The van der Waals surface area contributed by atoms with E-state index in [1.807, 2.05) is 0 Å². The summed E-state index contributed by atoms with van der Waals surface area (Å²) in [6.07, 6.45) is 1.39. The standard InChI is InChI=1S/C17H19N5O4S/c18-15(19)10-1-3-11(4-2-10)22-14(24)6-5-13(23)21-9-12(17(25)26)16-20-7-8-27-16/h1-4,7-8,12H,5-6,9H2,(H3,18,19)(H,21,23)(H,22,24)(H,25,26). The van der Waals surface area contributed by atoms with Crippen LogP contribution in [-0.4, -0.2) is 40.3 Å². The summed E-state index contributed by atoms with van der Waals surface area (Å²) in [5.74, 6) is -2.82. The van der Waals surface area contributed by atoms with E-state index in [2.05, 4.69) is 15.6 Å². The zero-order valence-corrected chi connectivity index (χ0v) is 15.1. The smallest absolute Gasteiger partial charge is 0.315 e. The molecule has 0 aliphatic heterocycles. The van der Waals surface area contributed by atoms with Crippen molar-refractivity contribution in [2.75, 3.05) is 11.9 Å². The zero-order chi connectivity index (χ0) is 19.8. The van der Waals surface area contributed by atoms with Crippen molar-refractivity contribution in [3.8, 4) is 0 Å². The van der Waals surface area contributed by atoms with Gasteiger partial charge in [0.15, 0.2) is 0 Å². The van der Waals surface area contributed by atoms with Gasteiger partial charge < -0.3 is 21.5 Å². The summed E-state index contributed by atoms with van der Waals surface area (Å²) in [4.78, 5) is 39.0. The number of anilines is 1. The fourth-order valence-electron chi connectivity index (χ4n) is 2.17. The van der Waals surface area contributed by atoms with Crippen LogP contribution in [0.5, 0.6) is 0 Å². The van der Waals surface area contributed by atoms with Gasteiger partial charge in [-0.05, 0) is 24.3 Å². The molecule has 1 unspecified atom stereocenters. The molecule has 27 heavy (non-hydrogen) atoms. The van der Waals surface area contributed by atoms with Crippen molar-refractivity contribution in [1.29, 1.82) is 5.41 Å². The fraction of sp³-hybridized carbons (Fsp3) is 0.235. The summed E-state index contributed by atoms with van der Waals surface area (Å²) in [6, 6.07) is 6.44. The third-order valence-corrected chi connectivity index (χ3v) is 4.50. The first-order valence-electron chi connectivity index (χ1n) is 8.00. The number of nitrogens with one attached hydrogen (secondary N) is 3. The fourth-order valence-corrected chi connectivity index (χ4v) is 2.91. The average Bonchev–Trinajstić information content (AvgIpc) is 3.14. The van der Waals surface area contributed by atoms with E-state index in [4.69, 9.17) is 11.1 Å². The van der Waals surface area contributed by atoms with Gasteiger partial charge in [0.25, 0.3) is 0 Å². The number of aliphatic carboxylic acids is 1. The maximum Gasteiger partial charge on any atom is 0.315 e. The molecule has 6 N–H and O–H groups in total. The number of aromatic nitrogens is 1. The number of carboxylic acids is 1. The van der Waals surface area contributed by atoms with Gasteiger partial charge in [-0.15, -0.1) is 11.3 Å². The van der Waals surface area contributed by atoms with E-state index in [-0.39, 0.29) is 31.1 Å². The number of carbonyl (C=O) groups is 3. The van der Waals surface area contributed by atoms with Crippen LogP contribution in [-0.2, 0) is 14.4 Å². The average molecular weight is 389 g/mol. The molecule has 0 radical (unpaired) electrons. The third kappa shape index (κ3) is 6.19. The van der Waals surface area contributed by atoms with Crippen LogP contribution in [0, 0.1) is 5.41 Å². The molecule has 1 aromatic heterocycles. The zero-order valence-electron chi connectivity index (χ0n) is 14.3. The Balaban J connectivity index is 1.76. The second-order valence-corrected chi connectivity index (χ2v) is 6.53. The van der Waals surface area contributed by atoms with Crippen molar-refractivity contribution in [2.24, 2.45) is 5.73 Å². The van der Waals surface area contributed by atoms with Crippen molar-refractivity contribution < 1.29 is 19.5 Å². The normalized spacial score (nSPS) is 11.4. The van der Waals surface area contributed by atoms with Crippen LogP contribution in [0.2, 0.25) is 0 Å². The number of hydrogen-bond donors (Lipinski definition) is 5. The summed E-state index contributed by atoms with van der Waals surface area (Å²) in [6.45, 7) is -0.0875. The molecule has 0 aliphatic carbocycles. The molecule has 1 aromatic carbocycles. The van der Waals surface area contributed by atoms with E-state index in [0.717, 1.165) is 0 Å². The summed E-state index contributed by atoms with van der Waals surface area (Å²) >= 11 is 1.20. The molecule has 0 bridgehead atoms. The van der Waals surface area contributed by atoms with Crippen molar-refractivity contribution in [1.82, 2.24) is 10.3 Å². The molecule has 2 rings (SSSR count). The van der Waals surface area contributed by atoms with Crippen LogP contribution in [0.3, 0.4) is 0 Å². The second kappa shape index (κ2) is 9.43. The van der Waals surface area contributed by atoms with E-state index in [9.17, 15) is 19.5 Å². The Kier molecular flexibility index (Phi) is 7.00. The van der Waals surface area contributed by atoms with Gasteiger partial charge in [0.05, 0.1) is 0 Å². The van der Waals surface area contributed by atoms with Crippen molar-refractivity contribution in [3.63, 3.8) is 0 Å². The van der Waals surface area contributed by atoms with Gasteiger partial charge in [-0.3, -0.25) is 19.8 Å². The molecule has 1 heterocycles. The first kappa shape index (κ1) is 20.0. The summed E-state index contributed by atoms with van der Waals surface area (Å²) in [5, 5.41) is 23.8. The minimum absolute atomic E-state index is 0.0463. The number of amidine groups is 1. The molecular formula is C17H19N5O4S. The van der Waals surface area contributed by atoms with Gasteiger partial charge in [0, 0.05) is 42.2 Å². The molecule has 2 aromatic rings. The first-order valence-corrected chi connectivity index (χ1v) is 8.88. The van der Waals surface area contributed by atoms with E-state index in [0.29, 0.717) is 16.3 Å². The highest BCUT2D eigenvalue weighted by Gasteiger charge is 2.23. The Labute approximate surface area is 159 Å². The molecule has 0 aliphatic rings. The maximum absolute atomic E-state index is 11.9. The minimum atomic E-state index is -1.07. The predicted molar refractivity (Wildman–Crippen MR) is 101 cm³/mol. The van der Waals surface area contributed by atoms with Gasteiger partial charge >= 0.3 is 5.97 Å². The van der Waals surface area contributed by atoms with Crippen LogP contribution >= 0.6 is 11.3 Å². The van der Waals surface area contributed by atoms with Crippen LogP contribution < -0.4 is 16.4 Å². The number of amides is 2. The number of carboxylic acid groups (broad SMARTS) is 1. The number of benzene rings is 1. The van der Waals surface area contributed by atoms with E-state index < -0.39 is 17.8 Å². The Hall–Kier alpha value is -3.27. The SMILES string of the molecule is N=C(N)c1ccc(NC(=O)CCC(=O)NCC(C(=O)O)c2nccs2)cc1. The highest BCUT2D eigenvalue weighted by atomic mass is 32.1. The lowest BCUT2D eigenvalue weighted by atomic mass is 10.1. The number of hydrogen-bond acceptors (Lipinski definition) is 6. The van der Waals surface area contributed by atoms with Gasteiger partial charge in [0.1, 0.15) is 16.8 Å². The minimum Gasteiger partial charge on any atom is -0.481 e. The quantitative estimate of drug-likeness (QED) is 0.319. The van der Waals surface area contributed by atoms with Crippen LogP contribution in [0.25, 0.3) is 0 Å². The monoisotopic (exact) mass is 389 g/mol. The summed E-state index contributed by atoms with van der Waals surface area (Å²) in [7, 11) is 0. The van der Waals surface area contributed by atoms with Gasteiger partial charge in [-0.25, -0.2) is 4.98 Å². The Morgan fingerprint density at radius 1 is 1.19 bits per heavy atom. The number of nitrogen functional groups attached to an aromatic ring is 1. The van der Waals surface area contributed by atoms with Crippen molar-refractivity contribution in [2.45, 2.75) is 18.8 Å². The highest BCUT2D eigenvalue weighted by molar-refractivity contribution is 7.09. The lowest BCUT2D eigenvalue weighted by Crippen LogP contribution is -2.32. The van der Waals surface area contributed by atoms with Crippen molar-refractivity contribution >= 4 is 40.6 Å². The Morgan fingerprint density at radius 2 is 1.85 bits per heavy atom. The number of nitrogens with zero attached hydrogens (tertiary/aromatic N) is 1. The predicted octanol–water partition coefficient (Wildman–Crippen LogP) is 1.13. The first-order chi connectivity index (χ1) is 12.9. The number of nitrogens with two attached hydrogens (primary N) is 1. The Bertz CT molecular complexity index is 820. The molecule has 10 heteroatoms. The van der Waals surface area contributed by atoms with E-state index >= 15 is 0 Å². The van der Waals surface area contributed by atoms with Gasteiger partial charge in [-0.1, -0.05) is 0 Å². The van der Waals surface area contributed by atoms with Crippen LogP contribution in [0.1, 0.15) is 29.3 Å². The number of thiazole rings is 1. The lowest BCUT2D eigenvalue weighted by molar-refractivity contribution is -0.138. The molecule has 9 nitrogen and oxygen atoms in total. The molecular weight excluding hydrogens is 370 g/mol. The Morgan fingerprint density at radius 3 is 2.41 bits per heavy atom. The molecule has 142 valence electrons. The van der Waals surface area contributed by atoms with E-state index in [1.165, 1.54) is 17.5 Å². The third-order valence-electron chi connectivity index (χ3n) is 3.61. The summed E-state index contributed by atoms with van der Waals surface area (Å²) in [5.41, 5.74) is 6.43. The number of carbonyl (C=O) groups excluding carboxylic acids is 2. The lowest BCUT2D eigenvalue weighted by Gasteiger charge is -2.11. The van der Waals surface area contributed by atoms with Crippen molar-refractivity contribution in [3.05, 3.63) is 46.4 Å². The molecule has 1 atom stereocenters. The molecule has 0 fully saturated rings. The highest BCUT2D eigenvalue weighted by Crippen LogP contribution is 2.17. The van der Waals surface area contributed by atoms with E-state index in [1.54, 1.807) is 29.6 Å². The number of rotatable bonds is 9. The topological polar surface area (TPSA) is 158 Å². The van der Waals surface area contributed by atoms with Crippen LogP contribution in [0.4, 0.5) is 5.69 Å². The van der Waals surface area contributed by atoms with Gasteiger partial charge in [-0.2, -0.15) is 0 Å². The van der Waals surface area contributed by atoms with Crippen LogP contribution in [0.15, 0.2) is 35.8 Å². The molecule has 0 saturated carbocycles. The molecule has 0 saturated heterocycles. The summed E-state index contributed by atoms with van der Waals surface area (Å²) < 4.78 is 0. The molecule has 2 amide bonds. The second-order valence-electron chi connectivity index (χ2n) is 5.60. The van der Waals surface area contributed by atoms with Gasteiger partial charge in [0.2, 0.25) is 11.8 Å². The maximum atomic E-state index is 11.9. The molecule has 0 spiro atoms. The largest absolute Gasteiger partial charge is 0.481 e.